The van der Waals surface area contributed by atoms with Crippen molar-refractivity contribution in [2.75, 3.05) is 0 Å². The van der Waals surface area contributed by atoms with Crippen molar-refractivity contribution in [3.63, 3.8) is 0 Å². The fraction of sp³-hybridized carbons (Fsp3) is 0.421. The van der Waals surface area contributed by atoms with Crippen LogP contribution < -0.4 is 0 Å². The maximum absolute atomic E-state index is 13.0. The first-order valence-corrected chi connectivity index (χ1v) is 8.89. The molecule has 2 aliphatic carbocycles. The lowest BCUT2D eigenvalue weighted by Gasteiger charge is -2.21. The number of carbonyl (C=O) groups is 1. The minimum Gasteiger partial charge on any atom is -0.464 e. The highest BCUT2D eigenvalue weighted by Crippen LogP contribution is 2.47. The van der Waals surface area contributed by atoms with Crippen molar-refractivity contribution in [1.29, 1.82) is 0 Å². The Kier molecular flexibility index (Phi) is 3.20. The average Bonchev–Trinajstić information content (AvgIpc) is 3.48. The number of rotatable bonds is 5. The van der Waals surface area contributed by atoms with Crippen LogP contribution in [0.25, 0.3) is 11.0 Å². The summed E-state index contributed by atoms with van der Waals surface area (Å²) in [5.41, 5.74) is 2.13. The summed E-state index contributed by atoms with van der Waals surface area (Å²) in [6, 6.07) is 9.85. The van der Waals surface area contributed by atoms with Gasteiger partial charge in [-0.1, -0.05) is 6.92 Å². The zero-order valence-electron chi connectivity index (χ0n) is 14.1. The Morgan fingerprint density at radius 3 is 2.80 bits per heavy atom. The van der Waals surface area contributed by atoms with Crippen LogP contribution in [0.4, 0.5) is 0 Å². The molecule has 0 aliphatic heterocycles. The molecule has 1 aromatic carbocycles. The van der Waals surface area contributed by atoms with E-state index in [1.165, 1.54) is 6.42 Å². The molecule has 0 bridgehead atoms. The van der Waals surface area contributed by atoms with Gasteiger partial charge >= 0.3 is 0 Å². The van der Waals surface area contributed by atoms with Crippen LogP contribution in [0.2, 0.25) is 0 Å². The van der Waals surface area contributed by atoms with E-state index in [4.69, 9.17) is 4.42 Å². The van der Waals surface area contributed by atoms with Crippen molar-refractivity contribution in [3.8, 4) is 0 Å². The molecule has 0 unspecified atom stereocenters. The number of furan rings is 1. The molecule has 2 atom stereocenters. The summed E-state index contributed by atoms with van der Waals surface area (Å²) < 4.78 is 6.01. The monoisotopic (exact) mass is 336 g/mol. The molecular weight excluding hydrogens is 316 g/mol. The van der Waals surface area contributed by atoms with Gasteiger partial charge < -0.3 is 9.32 Å². The molecule has 3 aromatic rings. The van der Waals surface area contributed by atoms with E-state index in [1.54, 1.807) is 6.07 Å². The van der Waals surface area contributed by atoms with Crippen LogP contribution in [-0.4, -0.2) is 32.3 Å². The quantitative estimate of drug-likeness (QED) is 0.774. The third-order valence-corrected chi connectivity index (χ3v) is 5.30. The van der Waals surface area contributed by atoms with Crippen LogP contribution >= 0.6 is 0 Å². The van der Waals surface area contributed by atoms with Gasteiger partial charge in [0, 0.05) is 17.5 Å². The number of aromatic amines is 1. The molecule has 25 heavy (non-hydrogen) atoms. The molecule has 128 valence electrons. The molecule has 0 saturated heterocycles. The molecule has 0 spiro atoms. The fourth-order valence-corrected chi connectivity index (χ4v) is 3.46. The van der Waals surface area contributed by atoms with E-state index in [1.807, 2.05) is 23.1 Å². The minimum absolute atomic E-state index is 0.0325. The molecule has 6 nitrogen and oxygen atoms in total. The molecular formula is C19H20N4O2. The summed E-state index contributed by atoms with van der Waals surface area (Å²) in [5.74, 6) is 3.25. The number of nitrogens with one attached hydrogen (secondary N) is 1. The maximum atomic E-state index is 13.0. The normalized spacial score (nSPS) is 22.3. The minimum atomic E-state index is 0.0325. The van der Waals surface area contributed by atoms with E-state index >= 15 is 0 Å². The fourth-order valence-electron chi connectivity index (χ4n) is 3.46. The first-order valence-electron chi connectivity index (χ1n) is 8.89. The van der Waals surface area contributed by atoms with Crippen LogP contribution in [0.3, 0.4) is 0 Å². The Labute approximate surface area is 145 Å². The second-order valence-electron chi connectivity index (χ2n) is 7.31. The van der Waals surface area contributed by atoms with Gasteiger partial charge in [0.15, 0.2) is 0 Å². The van der Waals surface area contributed by atoms with Crippen LogP contribution in [0.1, 0.15) is 54.0 Å². The highest BCUT2D eigenvalue weighted by atomic mass is 16.3. The molecule has 1 N–H and O–H groups in total. The van der Waals surface area contributed by atoms with Crippen LogP contribution in [-0.2, 0) is 6.54 Å². The third-order valence-electron chi connectivity index (χ3n) is 5.30. The Hall–Kier alpha value is -2.63. The van der Waals surface area contributed by atoms with Gasteiger partial charge in [-0.3, -0.25) is 4.79 Å². The molecule has 6 heteroatoms. The zero-order valence-corrected chi connectivity index (χ0v) is 14.1. The number of carbonyl (C=O) groups excluding carboxylic acids is 1. The second-order valence-corrected chi connectivity index (χ2v) is 7.31. The number of aromatic nitrogens is 3. The lowest BCUT2D eigenvalue weighted by atomic mass is 10.1. The highest BCUT2D eigenvalue weighted by Gasteiger charge is 2.37. The predicted octanol–water partition coefficient (Wildman–Crippen LogP) is 3.48. The number of H-pyrrole nitrogens is 1. The molecule has 2 fully saturated rings. The number of hydrogen-bond acceptors (Lipinski definition) is 4. The number of benzene rings is 1. The van der Waals surface area contributed by atoms with Crippen molar-refractivity contribution in [3.05, 3.63) is 47.4 Å². The lowest BCUT2D eigenvalue weighted by Crippen LogP contribution is -2.32. The summed E-state index contributed by atoms with van der Waals surface area (Å²) in [5, 5.41) is 10.7. The first-order chi connectivity index (χ1) is 12.2. The standard InChI is InChI=1S/C19H20N4O2/c1-11-8-15(11)18-7-5-14(25-18)10-23(13-3-4-13)19(24)12-2-6-16-17(9-12)21-22-20-16/h2,5-7,9,11,13,15H,3-4,8,10H2,1H3,(H,20,21,22)/t11-,15-/m1/s1. The van der Waals surface area contributed by atoms with Crippen molar-refractivity contribution < 1.29 is 9.21 Å². The molecule has 2 aromatic heterocycles. The van der Waals surface area contributed by atoms with E-state index in [0.717, 1.165) is 29.9 Å². The summed E-state index contributed by atoms with van der Waals surface area (Å²) in [6.45, 7) is 2.77. The highest BCUT2D eigenvalue weighted by molar-refractivity contribution is 5.97. The van der Waals surface area contributed by atoms with E-state index in [2.05, 4.69) is 28.4 Å². The van der Waals surface area contributed by atoms with Crippen molar-refractivity contribution in [1.82, 2.24) is 20.3 Å². The summed E-state index contributed by atoms with van der Waals surface area (Å²) in [6.07, 6.45) is 3.33. The Morgan fingerprint density at radius 2 is 2.04 bits per heavy atom. The molecule has 2 aliphatic rings. The molecule has 0 radical (unpaired) electrons. The smallest absolute Gasteiger partial charge is 0.254 e. The average molecular weight is 336 g/mol. The first kappa shape index (κ1) is 14.7. The topological polar surface area (TPSA) is 75.0 Å². The van der Waals surface area contributed by atoms with Crippen LogP contribution in [0, 0.1) is 5.92 Å². The van der Waals surface area contributed by atoms with Crippen molar-refractivity contribution in [2.45, 2.75) is 44.7 Å². The number of amides is 1. The van der Waals surface area contributed by atoms with E-state index in [-0.39, 0.29) is 5.91 Å². The predicted molar refractivity (Wildman–Crippen MR) is 92.0 cm³/mol. The summed E-state index contributed by atoms with van der Waals surface area (Å²) >= 11 is 0. The Bertz CT molecular complexity index is 940. The van der Waals surface area contributed by atoms with Gasteiger partial charge in [-0.15, -0.1) is 0 Å². The molecule has 5 rings (SSSR count). The van der Waals surface area contributed by atoms with Gasteiger partial charge in [-0.25, -0.2) is 0 Å². The number of hydrogen-bond donors (Lipinski definition) is 1. The maximum Gasteiger partial charge on any atom is 0.254 e. The Balaban J connectivity index is 1.38. The van der Waals surface area contributed by atoms with E-state index < -0.39 is 0 Å². The molecule has 2 saturated carbocycles. The number of nitrogens with zero attached hydrogens (tertiary/aromatic N) is 3. The van der Waals surface area contributed by atoms with Crippen molar-refractivity contribution >= 4 is 16.9 Å². The second kappa shape index (κ2) is 5.44. The van der Waals surface area contributed by atoms with Gasteiger partial charge in [-0.05, 0) is 55.5 Å². The van der Waals surface area contributed by atoms with Crippen LogP contribution in [0.5, 0.6) is 0 Å². The summed E-state index contributed by atoms with van der Waals surface area (Å²) in [7, 11) is 0. The van der Waals surface area contributed by atoms with Gasteiger partial charge in [0.05, 0.1) is 6.54 Å². The van der Waals surface area contributed by atoms with Gasteiger partial charge in [-0.2, -0.15) is 15.4 Å². The van der Waals surface area contributed by atoms with Gasteiger partial charge in [0.2, 0.25) is 0 Å². The third kappa shape index (κ3) is 2.71. The van der Waals surface area contributed by atoms with Gasteiger partial charge in [0.1, 0.15) is 22.6 Å². The molecule has 1 amide bonds. The lowest BCUT2D eigenvalue weighted by molar-refractivity contribution is 0.0717. The Morgan fingerprint density at radius 1 is 1.24 bits per heavy atom. The zero-order chi connectivity index (χ0) is 17.0. The SMILES string of the molecule is C[C@@H]1C[C@H]1c1ccc(CN(C(=O)c2ccc3n[nH]nc3c2)C2CC2)o1. The van der Waals surface area contributed by atoms with Gasteiger partial charge in [0.25, 0.3) is 5.91 Å². The van der Waals surface area contributed by atoms with Crippen molar-refractivity contribution in [2.24, 2.45) is 5.92 Å². The molecule has 2 heterocycles. The summed E-state index contributed by atoms with van der Waals surface area (Å²) in [4.78, 5) is 15.0. The number of fused-ring (bicyclic) bond motifs is 1. The van der Waals surface area contributed by atoms with E-state index in [0.29, 0.717) is 35.5 Å². The van der Waals surface area contributed by atoms with E-state index in [9.17, 15) is 4.79 Å². The largest absolute Gasteiger partial charge is 0.464 e. The van der Waals surface area contributed by atoms with Crippen LogP contribution in [0.15, 0.2) is 34.7 Å².